The molecule has 0 bridgehead atoms. The summed E-state index contributed by atoms with van der Waals surface area (Å²) in [5.41, 5.74) is 0. The summed E-state index contributed by atoms with van der Waals surface area (Å²) in [4.78, 5) is 37.7. The highest BCUT2D eigenvalue weighted by Gasteiger charge is 2.21. The molecule has 0 amide bonds. The maximum absolute atomic E-state index is 12.8. The zero-order valence-electron chi connectivity index (χ0n) is 47.0. The molecule has 74 heavy (non-hydrogen) atoms. The molecule has 0 aromatic heterocycles. The molecule has 2 atom stereocenters. The Morgan fingerprint density at radius 1 is 0.419 bits per heavy atom. The molecule has 0 rings (SSSR count). The van der Waals surface area contributed by atoms with Crippen molar-refractivity contribution in [3.63, 3.8) is 0 Å². The van der Waals surface area contributed by atoms with Crippen LogP contribution in [0.5, 0.6) is 0 Å². The lowest BCUT2D eigenvalue weighted by Gasteiger charge is -2.28. The first kappa shape index (κ1) is 69.6. The van der Waals surface area contributed by atoms with E-state index < -0.39 is 32.5 Å². The van der Waals surface area contributed by atoms with Gasteiger partial charge >= 0.3 is 11.9 Å². The summed E-state index contributed by atoms with van der Waals surface area (Å²) in [6.07, 6.45) is 80.2. The van der Waals surface area contributed by atoms with Gasteiger partial charge in [-0.15, -0.1) is 0 Å². The maximum Gasteiger partial charge on any atom is 0.306 e. The van der Waals surface area contributed by atoms with Gasteiger partial charge in [0.2, 0.25) is 0 Å². The van der Waals surface area contributed by atoms with Gasteiger partial charge in [0.25, 0.3) is 7.82 Å². The molecule has 0 saturated carbocycles. The zero-order valence-corrected chi connectivity index (χ0v) is 47.9. The van der Waals surface area contributed by atoms with E-state index in [1.807, 2.05) is 21.1 Å². The largest absolute Gasteiger partial charge is 0.756 e. The smallest absolute Gasteiger partial charge is 0.306 e. The summed E-state index contributed by atoms with van der Waals surface area (Å²) < 4.78 is 34.0. The number of hydrogen-bond donors (Lipinski definition) is 0. The van der Waals surface area contributed by atoms with Crippen LogP contribution >= 0.6 is 7.82 Å². The Hall–Kier alpha value is -4.37. The molecule has 9 nitrogen and oxygen atoms in total. The van der Waals surface area contributed by atoms with Crippen molar-refractivity contribution >= 4 is 19.8 Å². The number of unbranched alkanes of at least 4 members (excludes halogenated alkanes) is 9. The third kappa shape index (κ3) is 56.9. The van der Waals surface area contributed by atoms with E-state index in [4.69, 9.17) is 18.5 Å². The fraction of sp³-hybridized carbons (Fsp3) is 0.562. The van der Waals surface area contributed by atoms with Crippen molar-refractivity contribution in [3.8, 4) is 0 Å². The summed E-state index contributed by atoms with van der Waals surface area (Å²) in [6, 6.07) is 0. The van der Waals surface area contributed by atoms with E-state index in [9.17, 15) is 19.0 Å². The maximum atomic E-state index is 12.8. The number of phosphoric acid groups is 1. The molecular weight excluding hydrogens is 942 g/mol. The number of carbonyl (C=O) groups excluding carboxylic acids is 2. The van der Waals surface area contributed by atoms with E-state index in [0.717, 1.165) is 141 Å². The normalized spacial score (nSPS) is 14.5. The van der Waals surface area contributed by atoms with E-state index in [-0.39, 0.29) is 26.1 Å². The fourth-order valence-electron chi connectivity index (χ4n) is 6.75. The fourth-order valence-corrected chi connectivity index (χ4v) is 7.48. The van der Waals surface area contributed by atoms with Crippen molar-refractivity contribution < 1.29 is 42.1 Å². The molecule has 0 radical (unpaired) electrons. The van der Waals surface area contributed by atoms with Crippen LogP contribution in [0.25, 0.3) is 0 Å². The van der Waals surface area contributed by atoms with Crippen molar-refractivity contribution in [2.45, 2.75) is 187 Å². The number of ether oxygens (including phenoxy) is 2. The lowest BCUT2D eigenvalue weighted by molar-refractivity contribution is -0.870. The van der Waals surface area contributed by atoms with Gasteiger partial charge in [-0.25, -0.2) is 0 Å². The Kier molecular flexibility index (Phi) is 50.3. The molecule has 2 unspecified atom stereocenters. The number of rotatable bonds is 49. The van der Waals surface area contributed by atoms with Crippen molar-refractivity contribution in [3.05, 3.63) is 158 Å². The van der Waals surface area contributed by atoms with Crippen LogP contribution in [0, 0.1) is 0 Å². The van der Waals surface area contributed by atoms with E-state index in [1.54, 1.807) is 0 Å². The number of quaternary nitrogens is 1. The highest BCUT2D eigenvalue weighted by molar-refractivity contribution is 7.45. The molecule has 0 aliphatic carbocycles. The molecule has 0 aliphatic heterocycles. The van der Waals surface area contributed by atoms with Gasteiger partial charge in [-0.2, -0.15) is 0 Å². The lowest BCUT2D eigenvalue weighted by Crippen LogP contribution is -2.37. The molecular formula is C64H102NO8P. The van der Waals surface area contributed by atoms with Gasteiger partial charge < -0.3 is 27.9 Å². The predicted molar refractivity (Wildman–Crippen MR) is 313 cm³/mol. The number of hydrogen-bond acceptors (Lipinski definition) is 8. The molecule has 0 aromatic rings. The molecule has 0 aromatic carbocycles. The highest BCUT2D eigenvalue weighted by atomic mass is 31.2. The van der Waals surface area contributed by atoms with Gasteiger partial charge in [0.1, 0.15) is 19.8 Å². The van der Waals surface area contributed by atoms with Gasteiger partial charge in [-0.05, 0) is 122 Å². The number of likely N-dealkylation sites (N-methyl/N-ethyl adjacent to an activating group) is 1. The monoisotopic (exact) mass is 1040 g/mol. The molecule has 0 saturated heterocycles. The second kappa shape index (κ2) is 53.5. The number of carbonyl (C=O) groups is 2. The highest BCUT2D eigenvalue weighted by Crippen LogP contribution is 2.38. The van der Waals surface area contributed by atoms with E-state index >= 15 is 0 Å². The molecule has 0 N–H and O–H groups in total. The first-order valence-electron chi connectivity index (χ1n) is 28.2. The summed E-state index contributed by atoms with van der Waals surface area (Å²) in [7, 11) is 1.11. The lowest BCUT2D eigenvalue weighted by atomic mass is 10.1. The minimum absolute atomic E-state index is 0.0480. The number of esters is 2. The van der Waals surface area contributed by atoms with Crippen molar-refractivity contribution in [1.29, 1.82) is 0 Å². The van der Waals surface area contributed by atoms with Crippen LogP contribution in [0.1, 0.15) is 181 Å². The SMILES string of the molecule is CC/C=C\C/C=C\C/C=C\C/C=C\C/C=C\C/C=C\C/C=C\C/C=C\C/C=C\C/C=C\CCCCCCCCC(=O)OC(COC(=O)CCCCC/C=C\C/C=C\C/C=C\CC)COP(=O)([O-])OCC[N+](C)(C)C. The van der Waals surface area contributed by atoms with Crippen LogP contribution in [0.15, 0.2) is 158 Å². The Bertz CT molecular complexity index is 1800. The van der Waals surface area contributed by atoms with Gasteiger partial charge in [0, 0.05) is 12.8 Å². The average molecular weight is 1040 g/mol. The molecule has 0 spiro atoms. The van der Waals surface area contributed by atoms with E-state index in [2.05, 4.69) is 172 Å². The minimum Gasteiger partial charge on any atom is -0.756 e. The van der Waals surface area contributed by atoms with E-state index in [1.165, 1.54) is 0 Å². The molecule has 10 heteroatoms. The van der Waals surface area contributed by atoms with E-state index in [0.29, 0.717) is 23.9 Å². The Labute approximate surface area is 452 Å². The van der Waals surface area contributed by atoms with Crippen molar-refractivity contribution in [1.82, 2.24) is 0 Å². The summed E-state index contributed by atoms with van der Waals surface area (Å²) in [6.45, 7) is 3.91. The average Bonchev–Trinajstić information content (AvgIpc) is 3.36. The summed E-state index contributed by atoms with van der Waals surface area (Å²) in [5, 5.41) is 0. The second-order valence-electron chi connectivity index (χ2n) is 19.2. The predicted octanol–water partition coefficient (Wildman–Crippen LogP) is 17.1. The molecule has 0 aliphatic rings. The standard InChI is InChI=1S/C64H102NO8P/c1-6-8-10-12-14-16-18-20-21-22-23-24-25-26-27-28-29-30-31-32-33-34-35-36-37-38-39-40-41-42-43-45-47-49-51-53-55-57-64(67)73-62(61-72-74(68,69)71-59-58-65(3,4)5)60-70-63(66)56-54-52-50-48-46-44-19-17-15-13-11-9-7-2/h8-11,14-17,20-21,23-24,26-27,29-30,32-33,35-36,38-39,41-42,44,46,62H,6-7,12-13,18-19,22,25,28,31,34,37,40,43,45,47-61H2,1-5H3/b10-8-,11-9-,16-14-,17-15-,21-20-,24-23-,27-26-,30-29-,33-32-,36-35-,39-38-,42-41-,46-44-. The Balaban J connectivity index is 4.21. The number of allylic oxidation sites excluding steroid dienone is 26. The van der Waals surface area contributed by atoms with Gasteiger partial charge in [0.05, 0.1) is 27.7 Å². The van der Waals surface area contributed by atoms with Gasteiger partial charge in [-0.1, -0.05) is 204 Å². The third-order valence-electron chi connectivity index (χ3n) is 11.0. The number of nitrogens with zero attached hydrogens (tertiary/aromatic N) is 1. The van der Waals surface area contributed by atoms with Crippen molar-refractivity contribution in [2.75, 3.05) is 47.5 Å². The van der Waals surface area contributed by atoms with Gasteiger partial charge in [0.15, 0.2) is 6.10 Å². The van der Waals surface area contributed by atoms with Crippen LogP contribution in [0.3, 0.4) is 0 Å². The van der Waals surface area contributed by atoms with Crippen LogP contribution in [-0.4, -0.2) is 70.0 Å². The Morgan fingerprint density at radius 3 is 1.09 bits per heavy atom. The summed E-state index contributed by atoms with van der Waals surface area (Å²) >= 11 is 0. The first-order chi connectivity index (χ1) is 36.0. The second-order valence-corrected chi connectivity index (χ2v) is 20.6. The number of phosphoric ester groups is 1. The zero-order chi connectivity index (χ0) is 54.2. The molecule has 0 heterocycles. The first-order valence-corrected chi connectivity index (χ1v) is 29.7. The van der Waals surface area contributed by atoms with Crippen LogP contribution in [0.4, 0.5) is 0 Å². The summed E-state index contributed by atoms with van der Waals surface area (Å²) in [5.74, 6) is -0.901. The van der Waals surface area contributed by atoms with Crippen LogP contribution in [-0.2, 0) is 32.7 Å². The van der Waals surface area contributed by atoms with Crippen molar-refractivity contribution in [2.24, 2.45) is 0 Å². The minimum atomic E-state index is -4.65. The van der Waals surface area contributed by atoms with Crippen LogP contribution in [0.2, 0.25) is 0 Å². The third-order valence-corrected chi connectivity index (χ3v) is 12.0. The van der Waals surface area contributed by atoms with Crippen LogP contribution < -0.4 is 4.89 Å². The Morgan fingerprint density at radius 2 is 0.730 bits per heavy atom. The quantitative estimate of drug-likeness (QED) is 0.0195. The van der Waals surface area contributed by atoms with Gasteiger partial charge in [-0.3, -0.25) is 14.2 Å². The topological polar surface area (TPSA) is 111 Å². The molecule has 0 fully saturated rings. The molecule has 416 valence electrons.